The highest BCUT2D eigenvalue weighted by Gasteiger charge is 2.46. The second-order valence-corrected chi connectivity index (χ2v) is 16.1. The van der Waals surface area contributed by atoms with E-state index in [2.05, 4.69) is 86.8 Å². The maximum Gasteiger partial charge on any atom is 0.306 e. The summed E-state index contributed by atoms with van der Waals surface area (Å²) in [5, 5.41) is 30.8. The van der Waals surface area contributed by atoms with Crippen LogP contribution in [-0.2, 0) is 38.7 Å². The first-order valence-electron chi connectivity index (χ1n) is 21.5. The molecule has 2 unspecified atom stereocenters. The SMILES string of the molecule is CC/C=C/C/C=C/C/C=C/C/C=C/CCCCC(=O)OC[C@H](CO[C@H]1O[C@H](CS(=O)(=O)O)[C@@H](O)C(O)C1O)OC(=O)CCCCCCC/C=C/C=C/CCCCCC. The lowest BCUT2D eigenvalue weighted by Gasteiger charge is -2.40. The largest absolute Gasteiger partial charge is 0.462 e. The molecule has 0 saturated carbocycles. The topological polar surface area (TPSA) is 186 Å². The van der Waals surface area contributed by atoms with Gasteiger partial charge in [0.15, 0.2) is 12.4 Å². The second kappa shape index (κ2) is 34.9. The van der Waals surface area contributed by atoms with E-state index in [4.69, 9.17) is 18.9 Å². The van der Waals surface area contributed by atoms with E-state index in [-0.39, 0.29) is 19.4 Å². The highest BCUT2D eigenvalue weighted by Crippen LogP contribution is 2.24. The molecule has 0 aliphatic carbocycles. The number of allylic oxidation sites excluding steroid dienone is 12. The predicted molar refractivity (Wildman–Crippen MR) is 228 cm³/mol. The minimum absolute atomic E-state index is 0.134. The zero-order valence-corrected chi connectivity index (χ0v) is 35.9. The number of hydrogen-bond donors (Lipinski definition) is 4. The quantitative estimate of drug-likeness (QED) is 0.0160. The van der Waals surface area contributed by atoms with Crippen molar-refractivity contribution in [3.8, 4) is 0 Å². The van der Waals surface area contributed by atoms with Crippen molar-refractivity contribution in [3.63, 3.8) is 0 Å². The van der Waals surface area contributed by atoms with Crippen molar-refractivity contribution in [3.05, 3.63) is 72.9 Å². The summed E-state index contributed by atoms with van der Waals surface area (Å²) >= 11 is 0. The first-order valence-corrected chi connectivity index (χ1v) is 23.1. The molecule has 1 rings (SSSR count). The molecule has 1 saturated heterocycles. The van der Waals surface area contributed by atoms with Crippen molar-refractivity contribution >= 4 is 22.1 Å². The molecule has 0 radical (unpaired) electrons. The average Bonchev–Trinajstić information content (AvgIpc) is 3.18. The minimum Gasteiger partial charge on any atom is -0.462 e. The first-order chi connectivity index (χ1) is 28.0. The summed E-state index contributed by atoms with van der Waals surface area (Å²) in [4.78, 5) is 25.3. The van der Waals surface area contributed by atoms with Gasteiger partial charge in [0.1, 0.15) is 36.8 Å². The number of unbranched alkanes of at least 4 members (excludes halogenated alkanes) is 11. The first kappa shape index (κ1) is 53.1. The van der Waals surface area contributed by atoms with Crippen LogP contribution in [0.2, 0.25) is 0 Å². The summed E-state index contributed by atoms with van der Waals surface area (Å²) in [6.07, 6.45) is 33.8. The van der Waals surface area contributed by atoms with Gasteiger partial charge in [0.2, 0.25) is 0 Å². The number of aliphatic hydroxyl groups excluding tert-OH is 3. The molecule has 1 aliphatic heterocycles. The molecule has 13 heteroatoms. The number of rotatable bonds is 34. The number of carbonyl (C=O) groups is 2. The van der Waals surface area contributed by atoms with Crippen LogP contribution in [-0.4, -0.2) is 96.0 Å². The van der Waals surface area contributed by atoms with Crippen molar-refractivity contribution in [2.45, 2.75) is 179 Å². The Bertz CT molecular complexity index is 1350. The van der Waals surface area contributed by atoms with E-state index in [0.717, 1.165) is 77.0 Å². The fourth-order valence-corrected chi connectivity index (χ4v) is 6.64. The Morgan fingerprint density at radius 1 is 0.621 bits per heavy atom. The summed E-state index contributed by atoms with van der Waals surface area (Å²) in [6, 6.07) is 0. The maximum absolute atomic E-state index is 12.8. The van der Waals surface area contributed by atoms with Crippen LogP contribution >= 0.6 is 0 Å². The average molecular weight is 839 g/mol. The molecule has 1 aliphatic rings. The van der Waals surface area contributed by atoms with E-state index in [1.165, 1.54) is 25.7 Å². The summed E-state index contributed by atoms with van der Waals surface area (Å²) in [7, 11) is -4.61. The normalized spacial score (nSPS) is 21.1. The van der Waals surface area contributed by atoms with Crippen LogP contribution in [0.15, 0.2) is 72.9 Å². The fraction of sp³-hybridized carbons (Fsp3) is 0.689. The van der Waals surface area contributed by atoms with E-state index < -0.39 is 71.2 Å². The minimum atomic E-state index is -4.61. The molecule has 58 heavy (non-hydrogen) atoms. The van der Waals surface area contributed by atoms with Crippen LogP contribution in [0.25, 0.3) is 0 Å². The zero-order valence-electron chi connectivity index (χ0n) is 35.1. The number of ether oxygens (including phenoxy) is 4. The third-order valence-electron chi connectivity index (χ3n) is 9.30. The van der Waals surface area contributed by atoms with E-state index in [1.54, 1.807) is 0 Å². The molecular weight excluding hydrogens is 765 g/mol. The van der Waals surface area contributed by atoms with E-state index in [0.29, 0.717) is 12.8 Å². The number of aliphatic hydroxyl groups is 3. The monoisotopic (exact) mass is 838 g/mol. The third kappa shape index (κ3) is 29.3. The number of carbonyl (C=O) groups excluding carboxylic acids is 2. The van der Waals surface area contributed by atoms with Crippen molar-refractivity contribution < 1.29 is 56.8 Å². The Labute approximate surface area is 348 Å². The Morgan fingerprint density at radius 2 is 1.14 bits per heavy atom. The van der Waals surface area contributed by atoms with Gasteiger partial charge in [-0.15, -0.1) is 0 Å². The standard InChI is InChI=1S/C45H74O12S/c1-3-5-7-9-11-13-15-17-19-21-23-25-27-29-31-33-40(46)54-35-38(36-55-45-44(50)43(49)42(48)39(57-45)37-58(51,52)53)56-41(47)34-32-30-28-26-24-22-20-18-16-14-12-10-8-6-4-2/h5,7,11,13-14,16-20,23,25,38-39,42-45,48-50H,3-4,6,8-10,12,15,21-22,24,26-37H2,1-2H3,(H,51,52,53)/b7-5+,13-11+,16-14+,19-17+,20-18+,25-23+/t38-,39-,42-,43?,44?,45+/m1/s1. The van der Waals surface area contributed by atoms with Gasteiger partial charge in [-0.25, -0.2) is 0 Å². The molecule has 0 aromatic heterocycles. The van der Waals surface area contributed by atoms with Gasteiger partial charge in [-0.1, -0.05) is 125 Å². The number of esters is 2. The molecule has 4 N–H and O–H groups in total. The molecule has 1 heterocycles. The predicted octanol–water partition coefficient (Wildman–Crippen LogP) is 8.33. The lowest BCUT2D eigenvalue weighted by atomic mass is 10.00. The lowest BCUT2D eigenvalue weighted by Crippen LogP contribution is -2.60. The Balaban J connectivity index is 2.53. The molecule has 0 amide bonds. The maximum atomic E-state index is 12.8. The van der Waals surface area contributed by atoms with E-state index in [1.807, 2.05) is 0 Å². The summed E-state index contributed by atoms with van der Waals surface area (Å²) < 4.78 is 53.9. The van der Waals surface area contributed by atoms with Crippen molar-refractivity contribution in [1.82, 2.24) is 0 Å². The van der Waals surface area contributed by atoms with Crippen LogP contribution < -0.4 is 0 Å². The molecule has 1 fully saturated rings. The highest BCUT2D eigenvalue weighted by atomic mass is 32.2. The van der Waals surface area contributed by atoms with Gasteiger partial charge in [0, 0.05) is 12.8 Å². The zero-order chi connectivity index (χ0) is 42.7. The van der Waals surface area contributed by atoms with Crippen molar-refractivity contribution in [1.29, 1.82) is 0 Å². The Kier molecular flexibility index (Phi) is 32.0. The molecule has 0 spiro atoms. The molecule has 0 bridgehead atoms. The molecule has 0 aromatic rings. The molecule has 332 valence electrons. The van der Waals surface area contributed by atoms with Gasteiger partial charge in [0.25, 0.3) is 10.1 Å². The Morgan fingerprint density at radius 3 is 1.76 bits per heavy atom. The van der Waals surface area contributed by atoms with E-state index in [9.17, 15) is 37.9 Å². The van der Waals surface area contributed by atoms with Crippen LogP contribution in [0.3, 0.4) is 0 Å². The van der Waals surface area contributed by atoms with Crippen molar-refractivity contribution in [2.75, 3.05) is 19.0 Å². The third-order valence-corrected chi connectivity index (χ3v) is 10.0. The van der Waals surface area contributed by atoms with Gasteiger partial charge >= 0.3 is 11.9 Å². The van der Waals surface area contributed by atoms with E-state index >= 15 is 0 Å². The summed E-state index contributed by atoms with van der Waals surface area (Å²) in [5.41, 5.74) is 0. The van der Waals surface area contributed by atoms with Gasteiger partial charge in [-0.2, -0.15) is 8.42 Å². The molecular formula is C45H74O12S. The van der Waals surface area contributed by atoms with Gasteiger partial charge < -0.3 is 34.3 Å². The second-order valence-electron chi connectivity index (χ2n) is 14.7. The van der Waals surface area contributed by atoms with Gasteiger partial charge in [-0.3, -0.25) is 14.1 Å². The molecule has 12 nitrogen and oxygen atoms in total. The smallest absolute Gasteiger partial charge is 0.306 e. The van der Waals surface area contributed by atoms with Crippen LogP contribution in [0.4, 0.5) is 0 Å². The molecule has 0 aromatic carbocycles. The van der Waals surface area contributed by atoms with Gasteiger partial charge in [0.05, 0.1) is 6.61 Å². The summed E-state index contributed by atoms with van der Waals surface area (Å²) in [5.74, 6) is -2.07. The molecule has 6 atom stereocenters. The van der Waals surface area contributed by atoms with Crippen LogP contribution in [0.1, 0.15) is 142 Å². The summed E-state index contributed by atoms with van der Waals surface area (Å²) in [6.45, 7) is 3.55. The number of hydrogen-bond acceptors (Lipinski definition) is 11. The van der Waals surface area contributed by atoms with Gasteiger partial charge in [-0.05, 0) is 77.0 Å². The van der Waals surface area contributed by atoms with Crippen LogP contribution in [0, 0.1) is 0 Å². The fourth-order valence-electron chi connectivity index (χ4n) is 5.95. The highest BCUT2D eigenvalue weighted by molar-refractivity contribution is 7.85. The lowest BCUT2D eigenvalue weighted by molar-refractivity contribution is -0.297. The van der Waals surface area contributed by atoms with Crippen LogP contribution in [0.5, 0.6) is 0 Å². The van der Waals surface area contributed by atoms with Crippen molar-refractivity contribution in [2.24, 2.45) is 0 Å². The Hall–Kier alpha value is -2.91.